The fourth-order valence-electron chi connectivity index (χ4n) is 3.42. The third-order valence-corrected chi connectivity index (χ3v) is 6.73. The molecule has 2 rings (SSSR count). The van der Waals surface area contributed by atoms with Crippen LogP contribution in [0.5, 0.6) is 0 Å². The topological polar surface area (TPSA) is 170 Å². The van der Waals surface area contributed by atoms with E-state index in [1.165, 1.54) is 50.4 Å². The first-order chi connectivity index (χ1) is 17.6. The summed E-state index contributed by atoms with van der Waals surface area (Å²) in [5.41, 5.74) is 1.71. The number of aliphatic hydroxyl groups is 2. The SMILES string of the molecule is CC(C)c1nc(N(C)S(C)(=O)=O)nc(-c2ccc(F)cc2)c1/C=C/[C@H](O)C[C@@H](O)CC(=O)N[C@H](C)C(=O)O. The predicted molar refractivity (Wildman–Crippen MR) is 140 cm³/mol. The number of carboxylic acid groups (broad SMARTS) is 1. The molecule has 1 amide bonds. The maximum Gasteiger partial charge on any atom is 0.325 e. The van der Waals surface area contributed by atoms with E-state index in [9.17, 15) is 32.6 Å². The minimum Gasteiger partial charge on any atom is -0.480 e. The smallest absolute Gasteiger partial charge is 0.325 e. The van der Waals surface area contributed by atoms with Gasteiger partial charge in [-0.25, -0.2) is 27.1 Å². The molecule has 1 aromatic heterocycles. The Bertz CT molecular complexity index is 1280. The Kier molecular flexibility index (Phi) is 10.5. The Hall–Kier alpha value is -3.42. The van der Waals surface area contributed by atoms with Crippen molar-refractivity contribution in [2.45, 2.75) is 57.8 Å². The number of aromatic nitrogens is 2. The van der Waals surface area contributed by atoms with Crippen LogP contribution in [-0.4, -0.2) is 77.1 Å². The third kappa shape index (κ3) is 8.57. The Morgan fingerprint density at radius 2 is 1.74 bits per heavy atom. The third-order valence-electron chi connectivity index (χ3n) is 5.57. The van der Waals surface area contributed by atoms with Gasteiger partial charge >= 0.3 is 5.97 Å². The summed E-state index contributed by atoms with van der Waals surface area (Å²) in [5, 5.41) is 31.8. The molecule has 0 saturated carbocycles. The molecule has 0 aliphatic rings. The molecule has 208 valence electrons. The van der Waals surface area contributed by atoms with Crippen molar-refractivity contribution in [2.24, 2.45) is 0 Å². The molecule has 1 heterocycles. The minimum absolute atomic E-state index is 0.0785. The Labute approximate surface area is 221 Å². The Morgan fingerprint density at radius 3 is 2.26 bits per heavy atom. The maximum absolute atomic E-state index is 13.6. The van der Waals surface area contributed by atoms with Gasteiger partial charge in [0, 0.05) is 24.6 Å². The van der Waals surface area contributed by atoms with Gasteiger partial charge in [0.2, 0.25) is 21.9 Å². The molecule has 0 radical (unpaired) electrons. The highest BCUT2D eigenvalue weighted by Crippen LogP contribution is 2.31. The van der Waals surface area contributed by atoms with Gasteiger partial charge in [0.05, 0.1) is 36.3 Å². The summed E-state index contributed by atoms with van der Waals surface area (Å²) in [4.78, 5) is 31.6. The van der Waals surface area contributed by atoms with Crippen LogP contribution < -0.4 is 9.62 Å². The molecule has 0 saturated heterocycles. The van der Waals surface area contributed by atoms with Crippen LogP contribution in [0, 0.1) is 5.82 Å². The van der Waals surface area contributed by atoms with Gasteiger partial charge in [-0.05, 0) is 37.1 Å². The van der Waals surface area contributed by atoms with E-state index in [2.05, 4.69) is 15.3 Å². The molecule has 13 heteroatoms. The van der Waals surface area contributed by atoms with E-state index in [1.54, 1.807) is 0 Å². The van der Waals surface area contributed by atoms with Gasteiger partial charge in [-0.1, -0.05) is 26.0 Å². The molecular weight excluding hydrogens is 519 g/mol. The number of carbonyl (C=O) groups excluding carboxylic acids is 1. The number of carbonyl (C=O) groups is 2. The highest BCUT2D eigenvalue weighted by Gasteiger charge is 2.23. The number of aliphatic carboxylic acids is 1. The van der Waals surface area contributed by atoms with E-state index in [4.69, 9.17) is 5.11 Å². The molecule has 0 aliphatic carbocycles. The predicted octanol–water partition coefficient (Wildman–Crippen LogP) is 1.91. The van der Waals surface area contributed by atoms with Crippen molar-refractivity contribution in [3.8, 4) is 11.3 Å². The van der Waals surface area contributed by atoms with Gasteiger partial charge in [0.25, 0.3) is 0 Å². The quantitative estimate of drug-likeness (QED) is 0.307. The number of halogens is 1. The number of rotatable bonds is 12. The van der Waals surface area contributed by atoms with Crippen LogP contribution in [0.15, 0.2) is 30.3 Å². The van der Waals surface area contributed by atoms with E-state index in [0.29, 0.717) is 22.5 Å². The number of hydrogen-bond donors (Lipinski definition) is 4. The average Bonchev–Trinajstić information content (AvgIpc) is 2.81. The van der Waals surface area contributed by atoms with E-state index >= 15 is 0 Å². The molecular formula is C25H33FN4O7S. The number of amides is 1. The van der Waals surface area contributed by atoms with E-state index < -0.39 is 52.4 Å². The largest absolute Gasteiger partial charge is 0.480 e. The van der Waals surface area contributed by atoms with Gasteiger partial charge in [0.1, 0.15) is 11.9 Å². The number of carboxylic acids is 1. The van der Waals surface area contributed by atoms with Crippen molar-refractivity contribution < 1.29 is 37.7 Å². The summed E-state index contributed by atoms with van der Waals surface area (Å²) in [6.07, 6.45) is 0.843. The molecule has 38 heavy (non-hydrogen) atoms. The average molecular weight is 553 g/mol. The summed E-state index contributed by atoms with van der Waals surface area (Å²) in [7, 11) is -2.36. The van der Waals surface area contributed by atoms with Crippen molar-refractivity contribution in [3.63, 3.8) is 0 Å². The second-order valence-corrected chi connectivity index (χ2v) is 11.2. The van der Waals surface area contributed by atoms with Crippen LogP contribution in [0.3, 0.4) is 0 Å². The molecule has 2 aromatic rings. The number of benzene rings is 1. The Morgan fingerprint density at radius 1 is 1.13 bits per heavy atom. The zero-order valence-electron chi connectivity index (χ0n) is 21.8. The van der Waals surface area contributed by atoms with Crippen LogP contribution in [0.25, 0.3) is 17.3 Å². The van der Waals surface area contributed by atoms with Gasteiger partial charge in [-0.15, -0.1) is 0 Å². The van der Waals surface area contributed by atoms with Gasteiger partial charge in [-0.2, -0.15) is 0 Å². The summed E-state index contributed by atoms with van der Waals surface area (Å²) >= 11 is 0. The summed E-state index contributed by atoms with van der Waals surface area (Å²) in [6, 6.07) is 4.33. The maximum atomic E-state index is 13.6. The molecule has 11 nitrogen and oxygen atoms in total. The lowest BCUT2D eigenvalue weighted by Gasteiger charge is -2.20. The zero-order chi connectivity index (χ0) is 28.8. The molecule has 0 unspecified atom stereocenters. The number of sulfonamides is 1. The lowest BCUT2D eigenvalue weighted by molar-refractivity contribution is -0.141. The second kappa shape index (κ2) is 12.9. The van der Waals surface area contributed by atoms with Crippen molar-refractivity contribution in [1.29, 1.82) is 0 Å². The highest BCUT2D eigenvalue weighted by atomic mass is 32.2. The summed E-state index contributed by atoms with van der Waals surface area (Å²) in [6.45, 7) is 4.97. The zero-order valence-corrected chi connectivity index (χ0v) is 22.6. The van der Waals surface area contributed by atoms with Crippen molar-refractivity contribution in [3.05, 3.63) is 47.4 Å². The number of nitrogens with zero attached hydrogens (tertiary/aromatic N) is 3. The lowest BCUT2D eigenvalue weighted by atomic mass is 9.97. The molecule has 0 spiro atoms. The highest BCUT2D eigenvalue weighted by molar-refractivity contribution is 7.92. The molecule has 3 atom stereocenters. The van der Waals surface area contributed by atoms with Crippen molar-refractivity contribution >= 4 is 33.9 Å². The Balaban J connectivity index is 2.41. The number of hydrogen-bond acceptors (Lipinski definition) is 8. The standard InChI is InChI=1S/C25H33FN4O7S/c1-14(2)22-20(11-10-18(31)12-19(32)13-21(33)27-15(3)24(34)35)23(16-6-8-17(26)9-7-16)29-25(28-22)30(4)38(5,36)37/h6-11,14-15,18-19,31-32H,12-13H2,1-5H3,(H,27,33)(H,34,35)/b11-10+/t15-,18+,19-/m1/s1. The summed E-state index contributed by atoms with van der Waals surface area (Å²) < 4.78 is 38.8. The van der Waals surface area contributed by atoms with Crippen LogP contribution in [0.4, 0.5) is 10.3 Å². The van der Waals surface area contributed by atoms with Gasteiger partial charge < -0.3 is 20.6 Å². The fraction of sp³-hybridized carbons (Fsp3) is 0.440. The number of nitrogens with one attached hydrogen (secondary N) is 1. The second-order valence-electron chi connectivity index (χ2n) is 9.21. The minimum atomic E-state index is -3.68. The molecule has 0 fully saturated rings. The number of aliphatic hydroxyl groups excluding tert-OH is 2. The van der Waals surface area contributed by atoms with Crippen LogP contribution in [0.1, 0.15) is 50.8 Å². The van der Waals surface area contributed by atoms with Gasteiger partial charge in [-0.3, -0.25) is 9.59 Å². The van der Waals surface area contributed by atoms with Crippen molar-refractivity contribution in [1.82, 2.24) is 15.3 Å². The number of anilines is 1. The first-order valence-corrected chi connectivity index (χ1v) is 13.6. The molecule has 1 aromatic carbocycles. The van der Waals surface area contributed by atoms with Gasteiger partial charge in [0.15, 0.2) is 0 Å². The van der Waals surface area contributed by atoms with Crippen LogP contribution in [-0.2, 0) is 19.6 Å². The summed E-state index contributed by atoms with van der Waals surface area (Å²) in [5.74, 6) is -2.65. The van der Waals surface area contributed by atoms with E-state index in [0.717, 1.165) is 10.6 Å². The van der Waals surface area contributed by atoms with Crippen LogP contribution >= 0.6 is 0 Å². The molecule has 0 aliphatic heterocycles. The monoisotopic (exact) mass is 552 g/mol. The fourth-order valence-corrected chi connectivity index (χ4v) is 3.80. The van der Waals surface area contributed by atoms with E-state index in [-0.39, 0.29) is 18.3 Å². The lowest BCUT2D eigenvalue weighted by Crippen LogP contribution is -2.39. The molecule has 0 bridgehead atoms. The first kappa shape index (κ1) is 30.8. The molecule has 4 N–H and O–H groups in total. The van der Waals surface area contributed by atoms with E-state index in [1.807, 2.05) is 13.8 Å². The first-order valence-electron chi connectivity index (χ1n) is 11.8. The normalized spacial score (nSPS) is 14.3. The van der Waals surface area contributed by atoms with Crippen molar-refractivity contribution in [2.75, 3.05) is 17.6 Å². The van der Waals surface area contributed by atoms with Crippen LogP contribution in [0.2, 0.25) is 0 Å².